The first-order chi connectivity index (χ1) is 19.5. The molecule has 0 unspecified atom stereocenters. The van der Waals surface area contributed by atoms with Gasteiger partial charge in [-0.1, -0.05) is 6.07 Å². The summed E-state index contributed by atoms with van der Waals surface area (Å²) in [7, 11) is 0. The van der Waals surface area contributed by atoms with Gasteiger partial charge in [0.15, 0.2) is 0 Å². The molecule has 0 bridgehead atoms. The second-order valence-corrected chi connectivity index (χ2v) is 9.62. The molecule has 3 heterocycles. The number of aryl methyl sites for hydroxylation is 1. The van der Waals surface area contributed by atoms with Crippen LogP contribution >= 0.6 is 0 Å². The van der Waals surface area contributed by atoms with Crippen molar-refractivity contribution in [2.24, 2.45) is 0 Å². The predicted molar refractivity (Wildman–Crippen MR) is 148 cm³/mol. The number of benzene rings is 2. The maximum absolute atomic E-state index is 13.1. The van der Waals surface area contributed by atoms with E-state index in [1.165, 1.54) is 6.33 Å². The lowest BCUT2D eigenvalue weighted by Gasteiger charge is -2.17. The third kappa shape index (κ3) is 5.76. The van der Waals surface area contributed by atoms with E-state index in [9.17, 15) is 23.1 Å². The van der Waals surface area contributed by atoms with Crippen LogP contribution in [-0.4, -0.2) is 42.0 Å². The normalized spacial score (nSPS) is 11.6. The van der Waals surface area contributed by atoms with Crippen molar-refractivity contribution in [2.75, 3.05) is 10.6 Å². The number of nitrogens with zero attached hydrogens (tertiary/aromatic N) is 5. The summed E-state index contributed by atoms with van der Waals surface area (Å²) in [4.78, 5) is 34.1. The lowest BCUT2D eigenvalue weighted by Crippen LogP contribution is -2.14. The Morgan fingerprint density at radius 1 is 0.976 bits per heavy atom. The van der Waals surface area contributed by atoms with Crippen LogP contribution in [0.2, 0.25) is 0 Å². The summed E-state index contributed by atoms with van der Waals surface area (Å²) >= 11 is 0. The zero-order valence-corrected chi connectivity index (χ0v) is 22.2. The Morgan fingerprint density at radius 3 is 2.44 bits per heavy atom. The Labute approximate surface area is 232 Å². The van der Waals surface area contributed by atoms with Crippen LogP contribution < -0.4 is 10.6 Å². The number of phenolic OH excluding ortho intramolecular Hbond substituents is 1. The average Bonchev–Trinajstić information content (AvgIpc) is 2.93. The van der Waals surface area contributed by atoms with Crippen molar-refractivity contribution < 1.29 is 23.1 Å². The van der Waals surface area contributed by atoms with Crippen LogP contribution in [0, 0.1) is 6.92 Å². The summed E-state index contributed by atoms with van der Waals surface area (Å²) in [6.45, 7) is 5.72. The molecular weight excluding hydrogens is 535 g/mol. The summed E-state index contributed by atoms with van der Waals surface area (Å²) in [5.41, 5.74) is 2.26. The van der Waals surface area contributed by atoms with Crippen LogP contribution in [0.5, 0.6) is 5.75 Å². The minimum absolute atomic E-state index is 0.0755. The third-order valence-corrected chi connectivity index (χ3v) is 6.23. The van der Waals surface area contributed by atoms with Gasteiger partial charge in [0, 0.05) is 52.9 Å². The predicted octanol–water partition coefficient (Wildman–Crippen LogP) is 6.25. The molecule has 0 saturated carbocycles. The summed E-state index contributed by atoms with van der Waals surface area (Å²) in [5, 5.41) is 17.8. The highest BCUT2D eigenvalue weighted by Crippen LogP contribution is 2.43. The lowest BCUT2D eigenvalue weighted by molar-refractivity contribution is -0.137. The van der Waals surface area contributed by atoms with Gasteiger partial charge in [-0.3, -0.25) is 4.79 Å². The number of phenols is 1. The zero-order valence-electron chi connectivity index (χ0n) is 22.2. The fourth-order valence-electron chi connectivity index (χ4n) is 4.32. The standard InChI is InChI=1S/C29H24F3N7O2/c1-15(2)37-28-36-13-18-9-22(26(40)24(25(18)39-28)19-11-33-14-34-12-19)21-8-17(5-4-16(21)3)27(41)38-23-10-20(6-7-35-23)29(30,31)32/h4-15,40H,1-3H3,(H,35,38,41)(H,36,37,39). The van der Waals surface area contributed by atoms with Gasteiger partial charge in [-0.2, -0.15) is 13.2 Å². The Morgan fingerprint density at radius 2 is 1.73 bits per heavy atom. The number of rotatable bonds is 6. The number of pyridine rings is 1. The van der Waals surface area contributed by atoms with Crippen molar-refractivity contribution in [3.63, 3.8) is 0 Å². The molecule has 0 fully saturated rings. The quantitative estimate of drug-likeness (QED) is 0.223. The smallest absolute Gasteiger partial charge is 0.416 e. The number of hydrogen-bond acceptors (Lipinski definition) is 8. The highest BCUT2D eigenvalue weighted by atomic mass is 19.4. The van der Waals surface area contributed by atoms with Gasteiger partial charge in [0.05, 0.1) is 16.6 Å². The van der Waals surface area contributed by atoms with E-state index in [1.54, 1.807) is 42.9 Å². The van der Waals surface area contributed by atoms with E-state index in [-0.39, 0.29) is 23.2 Å². The molecule has 0 saturated heterocycles. The highest BCUT2D eigenvalue weighted by Gasteiger charge is 2.31. The number of fused-ring (bicyclic) bond motifs is 1. The van der Waals surface area contributed by atoms with Crippen molar-refractivity contribution in [3.05, 3.63) is 84.2 Å². The van der Waals surface area contributed by atoms with Crippen LogP contribution in [0.3, 0.4) is 0 Å². The molecule has 0 aliphatic carbocycles. The van der Waals surface area contributed by atoms with E-state index < -0.39 is 17.6 Å². The lowest BCUT2D eigenvalue weighted by atomic mass is 9.92. The number of aromatic hydroxyl groups is 1. The molecule has 41 heavy (non-hydrogen) atoms. The molecule has 3 aromatic heterocycles. The number of carbonyl (C=O) groups is 1. The fourth-order valence-corrected chi connectivity index (χ4v) is 4.32. The number of amides is 1. The number of hydrogen-bond donors (Lipinski definition) is 3. The van der Waals surface area contributed by atoms with Gasteiger partial charge in [0.1, 0.15) is 17.9 Å². The summed E-state index contributed by atoms with van der Waals surface area (Å²) in [6.07, 6.45) is 2.52. The second kappa shape index (κ2) is 10.8. The van der Waals surface area contributed by atoms with E-state index in [0.29, 0.717) is 39.1 Å². The van der Waals surface area contributed by atoms with Gasteiger partial charge in [-0.05, 0) is 62.2 Å². The molecule has 3 N–H and O–H groups in total. The number of halogens is 3. The molecule has 0 atom stereocenters. The fraction of sp³-hybridized carbons (Fsp3) is 0.172. The molecule has 9 nitrogen and oxygen atoms in total. The van der Waals surface area contributed by atoms with E-state index in [1.807, 2.05) is 20.8 Å². The minimum Gasteiger partial charge on any atom is -0.507 e. The van der Waals surface area contributed by atoms with E-state index in [0.717, 1.165) is 23.9 Å². The highest BCUT2D eigenvalue weighted by molar-refractivity contribution is 6.06. The molecule has 12 heteroatoms. The molecule has 0 radical (unpaired) electrons. The number of anilines is 2. The molecule has 5 aromatic rings. The summed E-state index contributed by atoms with van der Waals surface area (Å²) in [5.74, 6) is -0.630. The minimum atomic E-state index is -4.58. The van der Waals surface area contributed by atoms with E-state index >= 15 is 0 Å². The first kappa shape index (κ1) is 27.4. The zero-order chi connectivity index (χ0) is 29.3. The van der Waals surface area contributed by atoms with Crippen molar-refractivity contribution in [2.45, 2.75) is 33.0 Å². The molecule has 0 aliphatic heterocycles. The first-order valence-corrected chi connectivity index (χ1v) is 12.5. The summed E-state index contributed by atoms with van der Waals surface area (Å²) in [6, 6.07) is 8.16. The van der Waals surface area contributed by atoms with Crippen LogP contribution in [-0.2, 0) is 6.18 Å². The van der Waals surface area contributed by atoms with Gasteiger partial charge in [0.2, 0.25) is 5.95 Å². The van der Waals surface area contributed by atoms with E-state index in [2.05, 4.69) is 35.6 Å². The molecule has 5 rings (SSSR count). The summed E-state index contributed by atoms with van der Waals surface area (Å²) < 4.78 is 39.3. The number of nitrogens with one attached hydrogen (secondary N) is 2. The van der Waals surface area contributed by atoms with Crippen molar-refractivity contribution in [1.29, 1.82) is 0 Å². The monoisotopic (exact) mass is 559 g/mol. The largest absolute Gasteiger partial charge is 0.507 e. The number of alkyl halides is 3. The Balaban J connectivity index is 1.61. The van der Waals surface area contributed by atoms with Gasteiger partial charge in [-0.15, -0.1) is 0 Å². The van der Waals surface area contributed by atoms with Crippen LogP contribution in [0.1, 0.15) is 35.3 Å². The molecule has 0 aliphatic rings. The molecule has 2 aromatic carbocycles. The Bertz CT molecular complexity index is 1760. The van der Waals surface area contributed by atoms with Gasteiger partial charge >= 0.3 is 6.18 Å². The topological polar surface area (TPSA) is 126 Å². The molecule has 208 valence electrons. The maximum Gasteiger partial charge on any atom is 0.416 e. The Hall–Kier alpha value is -5.13. The molecular formula is C29H24F3N7O2. The van der Waals surface area contributed by atoms with Crippen LogP contribution in [0.4, 0.5) is 24.9 Å². The second-order valence-electron chi connectivity index (χ2n) is 9.62. The Kier molecular flexibility index (Phi) is 7.22. The third-order valence-electron chi connectivity index (χ3n) is 6.23. The first-order valence-electron chi connectivity index (χ1n) is 12.5. The van der Waals surface area contributed by atoms with Crippen LogP contribution in [0.15, 0.2) is 67.5 Å². The van der Waals surface area contributed by atoms with Crippen LogP contribution in [0.25, 0.3) is 33.2 Å². The van der Waals surface area contributed by atoms with Crippen molar-refractivity contribution in [3.8, 4) is 28.0 Å². The number of carbonyl (C=O) groups excluding carboxylic acids is 1. The van der Waals surface area contributed by atoms with Gasteiger partial charge in [-0.25, -0.2) is 24.9 Å². The van der Waals surface area contributed by atoms with Crippen molar-refractivity contribution in [1.82, 2.24) is 24.9 Å². The number of aromatic nitrogens is 5. The molecule has 1 amide bonds. The maximum atomic E-state index is 13.1. The average molecular weight is 560 g/mol. The van der Waals surface area contributed by atoms with Gasteiger partial charge < -0.3 is 15.7 Å². The van der Waals surface area contributed by atoms with E-state index in [4.69, 9.17) is 0 Å². The molecule has 0 spiro atoms. The SMILES string of the molecule is Cc1ccc(C(=O)Nc2cc(C(F)(F)F)ccn2)cc1-c1cc2cnc(NC(C)C)nc2c(-c2cncnc2)c1O. The van der Waals surface area contributed by atoms with Crippen molar-refractivity contribution >= 4 is 28.6 Å². The van der Waals surface area contributed by atoms with Gasteiger partial charge in [0.25, 0.3) is 5.91 Å².